The average molecular weight is 486 g/mol. The first kappa shape index (κ1) is 24.1. The number of H-pyrrole nitrogens is 1. The van der Waals surface area contributed by atoms with E-state index in [2.05, 4.69) is 20.7 Å². The first-order valence-electron chi connectivity index (χ1n) is 10.9. The van der Waals surface area contributed by atoms with Crippen LogP contribution in [-0.4, -0.2) is 34.4 Å². The molecule has 0 radical (unpaired) electrons. The number of hydrazone groups is 1. The fourth-order valence-corrected chi connectivity index (χ4v) is 3.29. The van der Waals surface area contributed by atoms with Gasteiger partial charge in [-0.3, -0.25) is 20.0 Å². The maximum atomic E-state index is 12.4. The minimum Gasteiger partial charge on any atom is -0.493 e. The van der Waals surface area contributed by atoms with Crippen molar-refractivity contribution in [3.63, 3.8) is 0 Å². The van der Waals surface area contributed by atoms with Crippen molar-refractivity contribution >= 4 is 17.8 Å². The number of non-ortho nitro benzene ring substituents is 1. The van der Waals surface area contributed by atoms with Crippen molar-refractivity contribution in [3.8, 4) is 22.8 Å². The van der Waals surface area contributed by atoms with Gasteiger partial charge in [0.05, 0.1) is 23.9 Å². The lowest BCUT2D eigenvalue weighted by Gasteiger charge is -2.12. The van der Waals surface area contributed by atoms with Crippen LogP contribution in [0.25, 0.3) is 11.3 Å². The highest BCUT2D eigenvalue weighted by Gasteiger charge is 2.13. The number of amides is 1. The smallest absolute Gasteiger partial charge is 0.289 e. The third-order valence-electron chi connectivity index (χ3n) is 5.28. The van der Waals surface area contributed by atoms with E-state index in [1.54, 1.807) is 25.3 Å². The Morgan fingerprint density at radius 2 is 1.83 bits per heavy atom. The fraction of sp³-hybridized carbons (Fsp3) is 0.115. The molecule has 0 atom stereocenters. The largest absolute Gasteiger partial charge is 0.493 e. The van der Waals surface area contributed by atoms with Gasteiger partial charge in [-0.2, -0.15) is 10.2 Å². The number of ether oxygens (including phenoxy) is 2. The lowest BCUT2D eigenvalue weighted by atomic mass is 10.1. The second-order valence-electron chi connectivity index (χ2n) is 7.85. The van der Waals surface area contributed by atoms with Crippen LogP contribution >= 0.6 is 0 Å². The number of aryl methyl sites for hydroxylation is 1. The van der Waals surface area contributed by atoms with Crippen LogP contribution in [0.1, 0.15) is 27.2 Å². The SMILES string of the molecule is COc1cc(-c2cc(C(=O)NN=Cc3ccc([N+](=O)[O-])cc3)[nH]n2)ccc1OCc1ccc(C)cc1. The maximum Gasteiger partial charge on any atom is 0.289 e. The Bertz CT molecular complexity index is 1400. The second-order valence-corrected chi connectivity index (χ2v) is 7.85. The molecule has 0 fully saturated rings. The number of nitro groups is 1. The van der Waals surface area contributed by atoms with Crippen molar-refractivity contribution < 1.29 is 19.2 Å². The number of nitrogens with one attached hydrogen (secondary N) is 2. The number of aromatic amines is 1. The van der Waals surface area contributed by atoms with E-state index in [1.807, 2.05) is 37.3 Å². The summed E-state index contributed by atoms with van der Waals surface area (Å²) in [6.45, 7) is 2.44. The van der Waals surface area contributed by atoms with Gasteiger partial charge in [0, 0.05) is 17.7 Å². The van der Waals surface area contributed by atoms with E-state index in [9.17, 15) is 14.9 Å². The number of nitrogens with zero attached hydrogens (tertiary/aromatic N) is 3. The van der Waals surface area contributed by atoms with E-state index in [-0.39, 0.29) is 11.4 Å². The molecule has 182 valence electrons. The van der Waals surface area contributed by atoms with Crippen molar-refractivity contribution in [2.45, 2.75) is 13.5 Å². The number of carbonyl (C=O) groups is 1. The summed E-state index contributed by atoms with van der Waals surface area (Å²) in [5.41, 5.74) is 6.70. The molecular weight excluding hydrogens is 462 g/mol. The van der Waals surface area contributed by atoms with Crippen LogP contribution < -0.4 is 14.9 Å². The molecule has 0 unspecified atom stereocenters. The molecular formula is C26H23N5O5. The first-order valence-corrected chi connectivity index (χ1v) is 10.9. The molecule has 2 N–H and O–H groups in total. The summed E-state index contributed by atoms with van der Waals surface area (Å²) < 4.78 is 11.4. The summed E-state index contributed by atoms with van der Waals surface area (Å²) >= 11 is 0. The lowest BCUT2D eigenvalue weighted by molar-refractivity contribution is -0.384. The quantitative estimate of drug-likeness (QED) is 0.202. The Morgan fingerprint density at radius 1 is 1.08 bits per heavy atom. The summed E-state index contributed by atoms with van der Waals surface area (Å²) in [5.74, 6) is 0.647. The molecule has 0 aliphatic carbocycles. The summed E-state index contributed by atoms with van der Waals surface area (Å²) in [4.78, 5) is 22.6. The molecule has 3 aromatic carbocycles. The van der Waals surface area contributed by atoms with Crippen molar-refractivity contribution in [1.29, 1.82) is 0 Å². The molecule has 10 heteroatoms. The Labute approximate surface area is 206 Å². The molecule has 0 spiro atoms. The number of benzene rings is 3. The van der Waals surface area contributed by atoms with Gasteiger partial charge in [-0.1, -0.05) is 29.8 Å². The van der Waals surface area contributed by atoms with Gasteiger partial charge < -0.3 is 9.47 Å². The van der Waals surface area contributed by atoms with Gasteiger partial charge in [0.2, 0.25) is 0 Å². The molecule has 4 aromatic rings. The molecule has 0 saturated carbocycles. The number of aromatic nitrogens is 2. The summed E-state index contributed by atoms with van der Waals surface area (Å²) in [5, 5.41) is 21.5. The van der Waals surface area contributed by atoms with E-state index in [4.69, 9.17) is 9.47 Å². The van der Waals surface area contributed by atoms with E-state index in [0.717, 1.165) is 11.1 Å². The fourth-order valence-electron chi connectivity index (χ4n) is 3.29. The van der Waals surface area contributed by atoms with Crippen LogP contribution in [0.5, 0.6) is 11.5 Å². The molecule has 1 amide bonds. The molecule has 0 aliphatic heterocycles. The summed E-state index contributed by atoms with van der Waals surface area (Å²) in [6, 6.07) is 20.9. The summed E-state index contributed by atoms with van der Waals surface area (Å²) in [6.07, 6.45) is 1.39. The third-order valence-corrected chi connectivity index (χ3v) is 5.28. The van der Waals surface area contributed by atoms with Gasteiger partial charge in [0.1, 0.15) is 12.3 Å². The minimum atomic E-state index is -0.489. The van der Waals surface area contributed by atoms with Crippen molar-refractivity contribution in [1.82, 2.24) is 15.6 Å². The average Bonchev–Trinajstić information content (AvgIpc) is 3.39. The van der Waals surface area contributed by atoms with Crippen LogP contribution in [-0.2, 0) is 6.61 Å². The van der Waals surface area contributed by atoms with Gasteiger partial charge in [0.15, 0.2) is 11.5 Å². The Morgan fingerprint density at radius 3 is 2.53 bits per heavy atom. The molecule has 10 nitrogen and oxygen atoms in total. The lowest BCUT2D eigenvalue weighted by Crippen LogP contribution is -2.17. The Kier molecular flexibility index (Phi) is 7.35. The summed E-state index contributed by atoms with van der Waals surface area (Å²) in [7, 11) is 1.56. The molecule has 36 heavy (non-hydrogen) atoms. The van der Waals surface area contributed by atoms with E-state index in [1.165, 1.54) is 36.0 Å². The normalized spacial score (nSPS) is 10.8. The zero-order chi connectivity index (χ0) is 25.5. The Hall–Kier alpha value is -4.99. The van der Waals surface area contributed by atoms with Gasteiger partial charge in [-0.05, 0) is 54.4 Å². The van der Waals surface area contributed by atoms with Crippen molar-refractivity contribution in [2.24, 2.45) is 5.10 Å². The van der Waals surface area contributed by atoms with Crippen LogP contribution in [0.4, 0.5) is 5.69 Å². The molecule has 1 heterocycles. The van der Waals surface area contributed by atoms with Gasteiger partial charge in [-0.25, -0.2) is 5.43 Å². The highest BCUT2D eigenvalue weighted by molar-refractivity contribution is 5.94. The highest BCUT2D eigenvalue weighted by atomic mass is 16.6. The van der Waals surface area contributed by atoms with Crippen LogP contribution in [0, 0.1) is 17.0 Å². The number of hydrogen-bond donors (Lipinski definition) is 2. The van der Waals surface area contributed by atoms with Crippen molar-refractivity contribution in [2.75, 3.05) is 7.11 Å². The molecule has 1 aromatic heterocycles. The molecule has 0 aliphatic rings. The second kappa shape index (κ2) is 11.0. The van der Waals surface area contributed by atoms with E-state index >= 15 is 0 Å². The third kappa shape index (κ3) is 5.92. The number of hydrogen-bond acceptors (Lipinski definition) is 7. The van der Waals surface area contributed by atoms with E-state index in [0.29, 0.717) is 29.4 Å². The molecule has 0 saturated heterocycles. The van der Waals surface area contributed by atoms with E-state index < -0.39 is 10.8 Å². The van der Waals surface area contributed by atoms with Gasteiger partial charge in [-0.15, -0.1) is 0 Å². The Balaban J connectivity index is 1.39. The van der Waals surface area contributed by atoms with Crippen LogP contribution in [0.2, 0.25) is 0 Å². The van der Waals surface area contributed by atoms with Crippen LogP contribution in [0.15, 0.2) is 77.9 Å². The zero-order valence-corrected chi connectivity index (χ0v) is 19.6. The van der Waals surface area contributed by atoms with Crippen molar-refractivity contribution in [3.05, 3.63) is 105 Å². The zero-order valence-electron chi connectivity index (χ0n) is 19.6. The minimum absolute atomic E-state index is 0.0244. The topological polar surface area (TPSA) is 132 Å². The first-order chi connectivity index (χ1) is 17.4. The van der Waals surface area contributed by atoms with Gasteiger partial charge in [0.25, 0.3) is 11.6 Å². The maximum absolute atomic E-state index is 12.4. The molecule has 4 rings (SSSR count). The monoisotopic (exact) mass is 485 g/mol. The number of methoxy groups -OCH3 is 1. The number of nitro benzene ring substituents is 1. The molecule has 0 bridgehead atoms. The standard InChI is InChI=1S/C26H23N5O5/c1-17-3-5-19(6-4-17)16-36-24-12-9-20(13-25(24)35-2)22-14-23(29-28-22)26(32)30-27-15-18-7-10-21(11-8-18)31(33)34/h3-15H,16H2,1-2H3,(H,28,29)(H,30,32). The highest BCUT2D eigenvalue weighted by Crippen LogP contribution is 2.32. The predicted octanol–water partition coefficient (Wildman–Crippen LogP) is 4.64. The van der Waals surface area contributed by atoms with Gasteiger partial charge >= 0.3 is 0 Å². The number of rotatable bonds is 9. The predicted molar refractivity (Wildman–Crippen MR) is 134 cm³/mol. The number of carbonyl (C=O) groups excluding carboxylic acids is 1. The van der Waals surface area contributed by atoms with Crippen LogP contribution in [0.3, 0.4) is 0 Å².